The van der Waals surface area contributed by atoms with Crippen molar-refractivity contribution >= 4 is 11.8 Å². The van der Waals surface area contributed by atoms with Crippen LogP contribution in [0.2, 0.25) is 0 Å². The zero-order valence-electron chi connectivity index (χ0n) is 9.01. The third kappa shape index (κ3) is 3.90. The fourth-order valence-corrected chi connectivity index (χ4v) is 2.98. The quantitative estimate of drug-likeness (QED) is 0.692. The summed E-state index contributed by atoms with van der Waals surface area (Å²) in [7, 11) is 0. The van der Waals surface area contributed by atoms with E-state index in [-0.39, 0.29) is 0 Å². The van der Waals surface area contributed by atoms with Crippen LogP contribution in [0.5, 0.6) is 0 Å². The number of thioether (sulfide) groups is 1. The monoisotopic (exact) mass is 201 g/mol. The van der Waals surface area contributed by atoms with Gasteiger partial charge in [-0.3, -0.25) is 0 Å². The van der Waals surface area contributed by atoms with E-state index in [0.717, 1.165) is 0 Å². The zero-order chi connectivity index (χ0) is 9.73. The van der Waals surface area contributed by atoms with Crippen molar-refractivity contribution in [1.29, 1.82) is 0 Å². The molecule has 1 rings (SSSR count). The summed E-state index contributed by atoms with van der Waals surface area (Å²) in [4.78, 5) is 0. The van der Waals surface area contributed by atoms with Crippen LogP contribution in [0.3, 0.4) is 0 Å². The van der Waals surface area contributed by atoms with Crippen LogP contribution in [-0.4, -0.2) is 17.5 Å². The van der Waals surface area contributed by atoms with E-state index >= 15 is 0 Å². The first-order valence-electron chi connectivity index (χ1n) is 5.49. The van der Waals surface area contributed by atoms with Gasteiger partial charge >= 0.3 is 0 Å². The Balaban J connectivity index is 2.12. The molecule has 13 heavy (non-hydrogen) atoms. The van der Waals surface area contributed by atoms with Crippen LogP contribution < -0.4 is 5.73 Å². The summed E-state index contributed by atoms with van der Waals surface area (Å²) in [6, 6.07) is 0.490. The van der Waals surface area contributed by atoms with Crippen LogP contribution in [0, 0.1) is 5.41 Å². The van der Waals surface area contributed by atoms with Gasteiger partial charge in [0.25, 0.3) is 0 Å². The molecule has 1 nitrogen and oxygen atoms in total. The van der Waals surface area contributed by atoms with Crippen LogP contribution in [0.25, 0.3) is 0 Å². The van der Waals surface area contributed by atoms with Crippen molar-refractivity contribution in [2.24, 2.45) is 11.1 Å². The highest BCUT2D eigenvalue weighted by atomic mass is 32.2. The summed E-state index contributed by atoms with van der Waals surface area (Å²) in [5.74, 6) is 2.59. The largest absolute Gasteiger partial charge is 0.328 e. The van der Waals surface area contributed by atoms with Gasteiger partial charge in [-0.25, -0.2) is 0 Å². The molecule has 0 aromatic carbocycles. The molecule has 0 radical (unpaired) electrons. The Labute approximate surface area is 86.8 Å². The van der Waals surface area contributed by atoms with Gasteiger partial charge in [0.05, 0.1) is 0 Å². The minimum Gasteiger partial charge on any atom is -0.328 e. The van der Waals surface area contributed by atoms with Crippen LogP contribution >= 0.6 is 11.8 Å². The number of hydrogen-bond donors (Lipinski definition) is 1. The predicted molar refractivity (Wildman–Crippen MR) is 62.2 cm³/mol. The standard InChI is InChI=1S/C11H23NS/c1-3-13-8-4-6-11(2)7-5-10(12)9-11/h10H,3-9,12H2,1-2H3. The second-order valence-corrected chi connectivity index (χ2v) is 6.01. The fourth-order valence-electron chi connectivity index (χ4n) is 2.34. The molecule has 2 unspecified atom stereocenters. The van der Waals surface area contributed by atoms with Crippen LogP contribution in [0.1, 0.15) is 46.0 Å². The van der Waals surface area contributed by atoms with E-state index in [2.05, 4.69) is 25.6 Å². The molecule has 0 spiro atoms. The fraction of sp³-hybridized carbons (Fsp3) is 1.00. The molecule has 78 valence electrons. The molecule has 0 aromatic rings. The highest BCUT2D eigenvalue weighted by Crippen LogP contribution is 2.40. The molecule has 1 aliphatic carbocycles. The van der Waals surface area contributed by atoms with E-state index < -0.39 is 0 Å². The summed E-state index contributed by atoms with van der Waals surface area (Å²) < 4.78 is 0. The summed E-state index contributed by atoms with van der Waals surface area (Å²) >= 11 is 2.06. The Kier molecular flexibility index (Phi) is 4.60. The van der Waals surface area contributed by atoms with E-state index in [1.54, 1.807) is 0 Å². The summed E-state index contributed by atoms with van der Waals surface area (Å²) in [6.07, 6.45) is 6.61. The SMILES string of the molecule is CCSCCCC1(C)CCC(N)C1. The minimum atomic E-state index is 0.490. The van der Waals surface area contributed by atoms with E-state index in [0.29, 0.717) is 11.5 Å². The maximum atomic E-state index is 5.94. The van der Waals surface area contributed by atoms with Crippen LogP contribution in [-0.2, 0) is 0 Å². The van der Waals surface area contributed by atoms with Gasteiger partial charge < -0.3 is 5.73 Å². The Morgan fingerprint density at radius 3 is 2.85 bits per heavy atom. The molecule has 2 atom stereocenters. The van der Waals surface area contributed by atoms with Gasteiger partial charge in [-0.1, -0.05) is 13.8 Å². The first kappa shape index (κ1) is 11.4. The lowest BCUT2D eigenvalue weighted by Gasteiger charge is -2.23. The van der Waals surface area contributed by atoms with Crippen molar-refractivity contribution in [1.82, 2.24) is 0 Å². The van der Waals surface area contributed by atoms with Gasteiger partial charge in [0.15, 0.2) is 0 Å². The molecule has 0 aliphatic heterocycles. The Bertz CT molecular complexity index is 149. The van der Waals surface area contributed by atoms with Crippen molar-refractivity contribution in [2.45, 2.75) is 52.0 Å². The molecule has 1 fully saturated rings. The molecule has 0 bridgehead atoms. The second-order valence-electron chi connectivity index (χ2n) is 4.61. The van der Waals surface area contributed by atoms with Crippen molar-refractivity contribution in [3.05, 3.63) is 0 Å². The molecular formula is C11H23NS. The van der Waals surface area contributed by atoms with E-state index in [1.165, 1.54) is 43.6 Å². The van der Waals surface area contributed by atoms with Crippen LogP contribution in [0.4, 0.5) is 0 Å². The van der Waals surface area contributed by atoms with Crippen molar-refractivity contribution in [3.8, 4) is 0 Å². The maximum absolute atomic E-state index is 5.94. The first-order valence-corrected chi connectivity index (χ1v) is 6.65. The van der Waals surface area contributed by atoms with Gasteiger partial charge in [-0.05, 0) is 49.0 Å². The maximum Gasteiger partial charge on any atom is 0.00442 e. The van der Waals surface area contributed by atoms with Crippen LogP contribution in [0.15, 0.2) is 0 Å². The Hall–Kier alpha value is 0.310. The smallest absolute Gasteiger partial charge is 0.00442 e. The number of nitrogens with two attached hydrogens (primary N) is 1. The van der Waals surface area contributed by atoms with Crippen molar-refractivity contribution in [2.75, 3.05) is 11.5 Å². The molecule has 2 heteroatoms. The molecule has 0 amide bonds. The van der Waals surface area contributed by atoms with Crippen molar-refractivity contribution < 1.29 is 0 Å². The first-order chi connectivity index (χ1) is 6.16. The molecule has 2 N–H and O–H groups in total. The summed E-state index contributed by atoms with van der Waals surface area (Å²) in [5.41, 5.74) is 6.51. The van der Waals surface area contributed by atoms with E-state index in [1.807, 2.05) is 0 Å². The van der Waals surface area contributed by atoms with E-state index in [9.17, 15) is 0 Å². The molecule has 1 saturated carbocycles. The van der Waals surface area contributed by atoms with Gasteiger partial charge in [-0.2, -0.15) is 11.8 Å². The van der Waals surface area contributed by atoms with E-state index in [4.69, 9.17) is 5.73 Å². The molecular weight excluding hydrogens is 178 g/mol. The topological polar surface area (TPSA) is 26.0 Å². The molecule has 0 heterocycles. The zero-order valence-corrected chi connectivity index (χ0v) is 9.83. The molecule has 0 saturated heterocycles. The third-order valence-electron chi connectivity index (χ3n) is 3.15. The summed E-state index contributed by atoms with van der Waals surface area (Å²) in [6.45, 7) is 4.65. The second kappa shape index (κ2) is 5.26. The lowest BCUT2D eigenvalue weighted by molar-refractivity contribution is 0.302. The van der Waals surface area contributed by atoms with Gasteiger partial charge in [0.1, 0.15) is 0 Å². The van der Waals surface area contributed by atoms with Gasteiger partial charge in [0, 0.05) is 6.04 Å². The third-order valence-corrected chi connectivity index (χ3v) is 4.13. The lowest BCUT2D eigenvalue weighted by Crippen LogP contribution is -2.19. The predicted octanol–water partition coefficient (Wildman–Crippen LogP) is 3.04. The highest BCUT2D eigenvalue weighted by molar-refractivity contribution is 7.99. The Morgan fingerprint density at radius 2 is 2.31 bits per heavy atom. The van der Waals surface area contributed by atoms with Crippen molar-refractivity contribution in [3.63, 3.8) is 0 Å². The lowest BCUT2D eigenvalue weighted by atomic mass is 9.84. The summed E-state index contributed by atoms with van der Waals surface area (Å²) in [5, 5.41) is 0. The normalized spacial score (nSPS) is 33.9. The average Bonchev–Trinajstić information content (AvgIpc) is 2.41. The van der Waals surface area contributed by atoms with Gasteiger partial charge in [-0.15, -0.1) is 0 Å². The molecule has 0 aromatic heterocycles. The average molecular weight is 201 g/mol. The Morgan fingerprint density at radius 1 is 1.54 bits per heavy atom. The number of hydrogen-bond acceptors (Lipinski definition) is 2. The minimum absolute atomic E-state index is 0.490. The number of rotatable bonds is 5. The van der Waals surface area contributed by atoms with Gasteiger partial charge in [0.2, 0.25) is 0 Å². The highest BCUT2D eigenvalue weighted by Gasteiger charge is 2.32. The molecule has 1 aliphatic rings.